The zero-order valence-electron chi connectivity index (χ0n) is 16.2. The maximum Gasteiger partial charge on any atom is 0.226 e. The average molecular weight is 394 g/mol. The van der Waals surface area contributed by atoms with Gasteiger partial charge < -0.3 is 14.1 Å². The minimum Gasteiger partial charge on any atom is -0.497 e. The lowest BCUT2D eigenvalue weighted by Crippen LogP contribution is -2.20. The number of aryl methyl sites for hydroxylation is 1. The number of methoxy groups -OCH3 is 1. The van der Waals surface area contributed by atoms with E-state index in [0.29, 0.717) is 35.1 Å². The number of benzene rings is 1. The number of carbonyl (C=O) groups is 1. The Bertz CT molecular complexity index is 887. The van der Waals surface area contributed by atoms with Crippen LogP contribution in [0.25, 0.3) is 11.5 Å². The van der Waals surface area contributed by atoms with Gasteiger partial charge in [0.25, 0.3) is 0 Å². The maximum atomic E-state index is 12.4. The Morgan fingerprint density at radius 1 is 1.30 bits per heavy atom. The normalized spacial score (nSPS) is 11.7. The molecule has 148 valence electrons. The van der Waals surface area contributed by atoms with Gasteiger partial charge in [-0.3, -0.25) is 4.79 Å². The Morgan fingerprint density at radius 3 is 2.70 bits per heavy atom. The van der Waals surface area contributed by atoms with Crippen molar-refractivity contribution in [3.05, 3.63) is 35.7 Å². The summed E-state index contributed by atoms with van der Waals surface area (Å²) in [6, 6.07) is 7.17. The predicted molar refractivity (Wildman–Crippen MR) is 104 cm³/mol. The zero-order chi connectivity index (χ0) is 20.0. The molecule has 0 saturated heterocycles. The molecule has 0 spiro atoms. The number of Topliss-reactive ketones (excluding diaryl/α,β-unsaturated/α-hetero) is 1. The number of hydrogen-bond acceptors (Lipinski definition) is 7. The van der Waals surface area contributed by atoms with Gasteiger partial charge in [-0.25, -0.2) is 13.4 Å². The number of oxazole rings is 1. The first kappa shape index (κ1) is 21.1. The number of aromatic nitrogens is 1. The number of sulfone groups is 1. The van der Waals surface area contributed by atoms with Crippen molar-refractivity contribution in [2.24, 2.45) is 0 Å². The zero-order valence-corrected chi connectivity index (χ0v) is 17.0. The van der Waals surface area contributed by atoms with Crippen molar-refractivity contribution in [3.8, 4) is 17.2 Å². The highest BCUT2D eigenvalue weighted by atomic mass is 32.2. The van der Waals surface area contributed by atoms with E-state index in [1.165, 1.54) is 0 Å². The highest BCUT2D eigenvalue weighted by Gasteiger charge is 2.22. The average Bonchev–Trinajstić information content (AvgIpc) is 2.94. The molecule has 0 bridgehead atoms. The molecule has 1 heterocycles. The molecule has 0 atom stereocenters. The van der Waals surface area contributed by atoms with E-state index in [9.17, 15) is 13.2 Å². The standard InChI is InChI=1S/C19H26N2O5S/c1-14-18(13-27(23,24)12-16(22)8-6-10-21(2)3)20-19(26-14)15-7-5-9-17(11-15)25-4/h5,7,9,11H,6,8,10,12-13H2,1-4H3. The van der Waals surface area contributed by atoms with E-state index in [4.69, 9.17) is 9.15 Å². The van der Waals surface area contributed by atoms with Gasteiger partial charge in [-0.1, -0.05) is 6.07 Å². The molecule has 7 nitrogen and oxygen atoms in total. The summed E-state index contributed by atoms with van der Waals surface area (Å²) in [4.78, 5) is 18.2. The van der Waals surface area contributed by atoms with Crippen molar-refractivity contribution in [2.75, 3.05) is 33.5 Å². The highest BCUT2D eigenvalue weighted by molar-refractivity contribution is 7.91. The number of carbonyl (C=O) groups excluding carboxylic acids is 1. The Labute approximate surface area is 160 Å². The van der Waals surface area contributed by atoms with Gasteiger partial charge in [-0.2, -0.15) is 0 Å². The van der Waals surface area contributed by atoms with Crippen LogP contribution < -0.4 is 4.74 Å². The molecule has 27 heavy (non-hydrogen) atoms. The van der Waals surface area contributed by atoms with Crippen molar-refractivity contribution in [3.63, 3.8) is 0 Å². The Hall–Kier alpha value is -2.19. The van der Waals surface area contributed by atoms with Gasteiger partial charge in [0.2, 0.25) is 5.89 Å². The van der Waals surface area contributed by atoms with E-state index >= 15 is 0 Å². The summed E-state index contributed by atoms with van der Waals surface area (Å²) < 4.78 is 35.5. The van der Waals surface area contributed by atoms with E-state index in [0.717, 1.165) is 6.54 Å². The second kappa shape index (κ2) is 9.14. The fourth-order valence-corrected chi connectivity index (χ4v) is 4.03. The number of hydrogen-bond donors (Lipinski definition) is 0. The van der Waals surface area contributed by atoms with Crippen LogP contribution >= 0.6 is 0 Å². The minimum atomic E-state index is -3.60. The van der Waals surface area contributed by atoms with Crippen molar-refractivity contribution in [2.45, 2.75) is 25.5 Å². The molecule has 0 N–H and O–H groups in total. The topological polar surface area (TPSA) is 89.7 Å². The van der Waals surface area contributed by atoms with Crippen LogP contribution in [0.2, 0.25) is 0 Å². The second-order valence-electron chi connectivity index (χ2n) is 6.73. The maximum absolute atomic E-state index is 12.4. The third kappa shape index (κ3) is 6.48. The molecule has 2 aromatic rings. The fourth-order valence-electron chi connectivity index (χ4n) is 2.61. The van der Waals surface area contributed by atoms with Crippen LogP contribution in [0.4, 0.5) is 0 Å². The minimum absolute atomic E-state index is 0.254. The molecule has 8 heteroatoms. The van der Waals surface area contributed by atoms with Crippen LogP contribution in [0, 0.1) is 6.92 Å². The Balaban J connectivity index is 2.06. The fraction of sp³-hybridized carbons (Fsp3) is 0.474. The van der Waals surface area contributed by atoms with Crippen LogP contribution in [0.1, 0.15) is 24.3 Å². The summed E-state index contributed by atoms with van der Waals surface area (Å²) in [5.41, 5.74) is 1.02. The van der Waals surface area contributed by atoms with Crippen LogP contribution in [-0.4, -0.2) is 57.6 Å². The number of ether oxygens (including phenoxy) is 1. The third-order valence-electron chi connectivity index (χ3n) is 4.01. The van der Waals surface area contributed by atoms with Gasteiger partial charge in [-0.05, 0) is 52.2 Å². The third-order valence-corrected chi connectivity index (χ3v) is 5.48. The lowest BCUT2D eigenvalue weighted by Gasteiger charge is -2.08. The van der Waals surface area contributed by atoms with Crippen molar-refractivity contribution in [1.82, 2.24) is 9.88 Å². The van der Waals surface area contributed by atoms with Gasteiger partial charge >= 0.3 is 0 Å². The largest absolute Gasteiger partial charge is 0.497 e. The van der Waals surface area contributed by atoms with Gasteiger partial charge in [-0.15, -0.1) is 0 Å². The number of nitrogens with zero attached hydrogens (tertiary/aromatic N) is 2. The van der Waals surface area contributed by atoms with Gasteiger partial charge in [0.05, 0.1) is 18.6 Å². The first-order valence-corrected chi connectivity index (χ1v) is 10.5. The van der Waals surface area contributed by atoms with Crippen molar-refractivity contribution >= 4 is 15.6 Å². The lowest BCUT2D eigenvalue weighted by atomic mass is 10.2. The van der Waals surface area contributed by atoms with E-state index < -0.39 is 15.6 Å². The highest BCUT2D eigenvalue weighted by Crippen LogP contribution is 2.26. The predicted octanol–water partition coefficient (Wildman–Crippen LogP) is 2.48. The molecule has 0 saturated carbocycles. The quantitative estimate of drug-likeness (QED) is 0.611. The molecular formula is C19H26N2O5S. The monoisotopic (exact) mass is 394 g/mol. The summed E-state index contributed by atoms with van der Waals surface area (Å²) in [6.07, 6.45) is 0.897. The lowest BCUT2D eigenvalue weighted by molar-refractivity contribution is -0.116. The van der Waals surface area contributed by atoms with E-state index in [1.54, 1.807) is 38.3 Å². The molecule has 0 aliphatic heterocycles. The summed E-state index contributed by atoms with van der Waals surface area (Å²) >= 11 is 0. The van der Waals surface area contributed by atoms with E-state index in [2.05, 4.69) is 4.98 Å². The molecule has 0 radical (unpaired) electrons. The molecule has 0 unspecified atom stereocenters. The van der Waals surface area contributed by atoms with Gasteiger partial charge in [0.15, 0.2) is 9.84 Å². The molecule has 1 aromatic heterocycles. The molecule has 1 aromatic carbocycles. The van der Waals surface area contributed by atoms with Crippen molar-refractivity contribution < 1.29 is 22.4 Å². The van der Waals surface area contributed by atoms with E-state index in [1.807, 2.05) is 19.0 Å². The van der Waals surface area contributed by atoms with Crippen LogP contribution in [0.15, 0.2) is 28.7 Å². The summed E-state index contributed by atoms with van der Waals surface area (Å²) in [5, 5.41) is 0. The summed E-state index contributed by atoms with van der Waals surface area (Å²) in [6.45, 7) is 2.42. The van der Waals surface area contributed by atoms with Crippen LogP contribution in [0.5, 0.6) is 5.75 Å². The summed E-state index contributed by atoms with van der Waals surface area (Å²) in [7, 11) is 1.79. The van der Waals surface area contributed by atoms with E-state index in [-0.39, 0.29) is 18.0 Å². The van der Waals surface area contributed by atoms with Gasteiger partial charge in [0.1, 0.15) is 23.0 Å². The van der Waals surface area contributed by atoms with Crippen molar-refractivity contribution in [1.29, 1.82) is 0 Å². The smallest absolute Gasteiger partial charge is 0.226 e. The summed E-state index contributed by atoms with van der Waals surface area (Å²) in [5.74, 6) is 0.352. The molecule has 0 aliphatic rings. The Morgan fingerprint density at radius 2 is 2.04 bits per heavy atom. The van der Waals surface area contributed by atoms with Crippen LogP contribution in [-0.2, 0) is 20.4 Å². The first-order valence-electron chi connectivity index (χ1n) is 8.68. The molecule has 0 fully saturated rings. The second-order valence-corrected chi connectivity index (χ2v) is 8.80. The first-order chi connectivity index (χ1) is 12.7. The number of ketones is 1. The van der Waals surface area contributed by atoms with Crippen LogP contribution in [0.3, 0.4) is 0 Å². The molecule has 0 aliphatic carbocycles. The SMILES string of the molecule is COc1cccc(-c2nc(CS(=O)(=O)CC(=O)CCCN(C)C)c(C)o2)c1. The molecular weight excluding hydrogens is 368 g/mol. The Kier molecular flexibility index (Phi) is 7.15. The molecule has 2 rings (SSSR count). The number of rotatable bonds is 10. The molecule has 0 amide bonds. The van der Waals surface area contributed by atoms with Gasteiger partial charge in [0, 0.05) is 12.0 Å².